The molecule has 98 valence electrons. The summed E-state index contributed by atoms with van der Waals surface area (Å²) in [6.07, 6.45) is -0.846. The van der Waals surface area contributed by atoms with Crippen LogP contribution in [0.15, 0.2) is 18.2 Å². The van der Waals surface area contributed by atoms with Crippen molar-refractivity contribution < 1.29 is 19.1 Å². The number of nitrogen functional groups attached to an aromatic ring is 1. The van der Waals surface area contributed by atoms with E-state index in [-0.39, 0.29) is 17.9 Å². The molecule has 1 rings (SSSR count). The molecule has 0 fully saturated rings. The molecule has 0 aliphatic carbocycles. The number of primary amides is 1. The molecular formula is C12H16N2O4. The minimum Gasteiger partial charge on any atom is -0.480 e. The normalized spacial score (nSPS) is 11.7. The Bertz CT molecular complexity index is 459. The van der Waals surface area contributed by atoms with Gasteiger partial charge in [-0.2, -0.15) is 0 Å². The molecular weight excluding hydrogens is 236 g/mol. The summed E-state index contributed by atoms with van der Waals surface area (Å²) < 4.78 is 10.2. The first-order chi connectivity index (χ1) is 8.45. The molecule has 1 aromatic rings. The van der Waals surface area contributed by atoms with Crippen LogP contribution in [0.2, 0.25) is 0 Å². The van der Waals surface area contributed by atoms with E-state index in [9.17, 15) is 9.59 Å². The number of hydrogen-bond acceptors (Lipinski definition) is 5. The van der Waals surface area contributed by atoms with Crippen LogP contribution in [-0.4, -0.2) is 24.6 Å². The fraction of sp³-hybridized carbons (Fsp3) is 0.333. The quantitative estimate of drug-likeness (QED) is 0.592. The third-order valence-corrected chi connectivity index (χ3v) is 2.20. The van der Waals surface area contributed by atoms with Gasteiger partial charge in [0.15, 0.2) is 6.10 Å². The average Bonchev–Trinajstić information content (AvgIpc) is 2.31. The second kappa shape index (κ2) is 5.90. The summed E-state index contributed by atoms with van der Waals surface area (Å²) in [6, 6.07) is 4.49. The van der Waals surface area contributed by atoms with E-state index < -0.39 is 18.0 Å². The number of ether oxygens (including phenoxy) is 2. The molecule has 1 atom stereocenters. The first kappa shape index (κ1) is 13.8. The van der Waals surface area contributed by atoms with Crippen LogP contribution < -0.4 is 16.2 Å². The molecule has 0 bridgehead atoms. The topological polar surface area (TPSA) is 105 Å². The summed E-state index contributed by atoms with van der Waals surface area (Å²) in [5.41, 5.74) is 11.3. The number of esters is 1. The zero-order valence-electron chi connectivity index (χ0n) is 10.3. The Morgan fingerprint density at radius 1 is 1.39 bits per heavy atom. The van der Waals surface area contributed by atoms with Crippen LogP contribution in [0.4, 0.5) is 5.69 Å². The number of hydrogen-bond donors (Lipinski definition) is 2. The van der Waals surface area contributed by atoms with Crippen LogP contribution >= 0.6 is 0 Å². The molecule has 1 amide bonds. The van der Waals surface area contributed by atoms with E-state index in [2.05, 4.69) is 0 Å². The van der Waals surface area contributed by atoms with E-state index in [1.165, 1.54) is 19.1 Å². The molecule has 0 aliphatic heterocycles. The Labute approximate surface area is 105 Å². The molecule has 0 saturated carbocycles. The lowest BCUT2D eigenvalue weighted by molar-refractivity contribution is -0.124. The number of nitrogens with two attached hydrogens (primary N) is 2. The maximum absolute atomic E-state index is 11.7. The van der Waals surface area contributed by atoms with Gasteiger partial charge in [0.05, 0.1) is 6.61 Å². The van der Waals surface area contributed by atoms with Crippen molar-refractivity contribution in [2.24, 2.45) is 5.73 Å². The molecule has 0 aliphatic rings. The molecule has 0 aromatic heterocycles. The lowest BCUT2D eigenvalue weighted by Gasteiger charge is -2.14. The maximum atomic E-state index is 11.7. The lowest BCUT2D eigenvalue weighted by Crippen LogP contribution is -2.31. The fourth-order valence-electron chi connectivity index (χ4n) is 1.27. The molecule has 0 spiro atoms. The Kier molecular flexibility index (Phi) is 4.53. The Hall–Kier alpha value is -2.24. The maximum Gasteiger partial charge on any atom is 0.341 e. The summed E-state index contributed by atoms with van der Waals surface area (Å²) in [7, 11) is 0. The molecule has 4 N–H and O–H groups in total. The second-order valence-corrected chi connectivity index (χ2v) is 3.64. The number of anilines is 1. The van der Waals surface area contributed by atoms with Gasteiger partial charge in [0.25, 0.3) is 5.91 Å². The number of carbonyl (C=O) groups excluding carboxylic acids is 2. The van der Waals surface area contributed by atoms with E-state index in [1.807, 2.05) is 0 Å². The largest absolute Gasteiger partial charge is 0.480 e. The van der Waals surface area contributed by atoms with Crippen LogP contribution in [0.5, 0.6) is 5.75 Å². The van der Waals surface area contributed by atoms with Crippen molar-refractivity contribution in [3.05, 3.63) is 23.8 Å². The van der Waals surface area contributed by atoms with Gasteiger partial charge in [-0.25, -0.2) is 4.79 Å². The minimum absolute atomic E-state index is 0.171. The van der Waals surface area contributed by atoms with Crippen molar-refractivity contribution in [3.63, 3.8) is 0 Å². The lowest BCUT2D eigenvalue weighted by atomic mass is 10.1. The fourth-order valence-corrected chi connectivity index (χ4v) is 1.27. The number of benzene rings is 1. The summed E-state index contributed by atoms with van der Waals surface area (Å²) in [4.78, 5) is 22.6. The predicted octanol–water partition coefficient (Wildman–Crippen LogP) is 0.698. The van der Waals surface area contributed by atoms with Crippen LogP contribution in [-0.2, 0) is 9.53 Å². The molecule has 18 heavy (non-hydrogen) atoms. The van der Waals surface area contributed by atoms with Gasteiger partial charge < -0.3 is 20.9 Å². The van der Waals surface area contributed by atoms with Crippen molar-refractivity contribution in [1.82, 2.24) is 0 Å². The van der Waals surface area contributed by atoms with Gasteiger partial charge in [0, 0.05) is 5.69 Å². The third-order valence-electron chi connectivity index (χ3n) is 2.20. The molecule has 0 heterocycles. The van der Waals surface area contributed by atoms with Crippen molar-refractivity contribution in [3.8, 4) is 5.75 Å². The van der Waals surface area contributed by atoms with E-state index in [0.29, 0.717) is 5.69 Å². The van der Waals surface area contributed by atoms with Crippen LogP contribution in [0.1, 0.15) is 24.2 Å². The number of rotatable bonds is 5. The van der Waals surface area contributed by atoms with E-state index in [0.717, 1.165) is 0 Å². The van der Waals surface area contributed by atoms with Crippen molar-refractivity contribution >= 4 is 17.6 Å². The van der Waals surface area contributed by atoms with Crippen LogP contribution in [0.3, 0.4) is 0 Å². The van der Waals surface area contributed by atoms with E-state index in [4.69, 9.17) is 20.9 Å². The Morgan fingerprint density at radius 2 is 2.06 bits per heavy atom. The van der Waals surface area contributed by atoms with Crippen molar-refractivity contribution in [2.75, 3.05) is 12.3 Å². The molecule has 6 heteroatoms. The smallest absolute Gasteiger partial charge is 0.341 e. The summed E-state index contributed by atoms with van der Waals surface area (Å²) in [6.45, 7) is 3.42. The van der Waals surface area contributed by atoms with E-state index >= 15 is 0 Å². The van der Waals surface area contributed by atoms with Crippen LogP contribution in [0, 0.1) is 0 Å². The second-order valence-electron chi connectivity index (χ2n) is 3.64. The van der Waals surface area contributed by atoms with E-state index in [1.54, 1.807) is 13.0 Å². The monoisotopic (exact) mass is 252 g/mol. The van der Waals surface area contributed by atoms with Crippen molar-refractivity contribution in [2.45, 2.75) is 20.0 Å². The molecule has 0 saturated heterocycles. The molecule has 0 radical (unpaired) electrons. The molecule has 1 aromatic carbocycles. The third kappa shape index (κ3) is 3.38. The van der Waals surface area contributed by atoms with Gasteiger partial charge in [0.1, 0.15) is 11.3 Å². The van der Waals surface area contributed by atoms with Gasteiger partial charge in [-0.15, -0.1) is 0 Å². The van der Waals surface area contributed by atoms with Gasteiger partial charge in [-0.1, -0.05) is 0 Å². The van der Waals surface area contributed by atoms with Gasteiger partial charge >= 0.3 is 5.97 Å². The predicted molar refractivity (Wildman–Crippen MR) is 66.1 cm³/mol. The molecule has 1 unspecified atom stereocenters. The zero-order chi connectivity index (χ0) is 13.7. The van der Waals surface area contributed by atoms with Crippen molar-refractivity contribution in [1.29, 1.82) is 0 Å². The number of amides is 1. The van der Waals surface area contributed by atoms with Gasteiger partial charge in [0.2, 0.25) is 0 Å². The summed E-state index contributed by atoms with van der Waals surface area (Å²) in [5, 5.41) is 0. The van der Waals surface area contributed by atoms with Crippen LogP contribution in [0.25, 0.3) is 0 Å². The van der Waals surface area contributed by atoms with Gasteiger partial charge in [-0.05, 0) is 32.0 Å². The highest BCUT2D eigenvalue weighted by molar-refractivity contribution is 5.93. The zero-order valence-corrected chi connectivity index (χ0v) is 10.3. The Morgan fingerprint density at radius 3 is 2.61 bits per heavy atom. The standard InChI is InChI=1S/C12H16N2O4/c1-3-17-12(16)9-6-8(13)4-5-10(9)18-7(2)11(14)15/h4-7H,3,13H2,1-2H3,(H2,14,15). The van der Waals surface area contributed by atoms with Gasteiger partial charge in [-0.3, -0.25) is 4.79 Å². The minimum atomic E-state index is -0.846. The highest BCUT2D eigenvalue weighted by atomic mass is 16.5. The average molecular weight is 252 g/mol. The number of carbonyl (C=O) groups is 2. The highest BCUT2D eigenvalue weighted by Crippen LogP contribution is 2.23. The first-order valence-electron chi connectivity index (χ1n) is 5.48. The molecule has 6 nitrogen and oxygen atoms in total. The highest BCUT2D eigenvalue weighted by Gasteiger charge is 2.18. The summed E-state index contributed by atoms with van der Waals surface area (Å²) in [5.74, 6) is -0.966. The SMILES string of the molecule is CCOC(=O)c1cc(N)ccc1OC(C)C(N)=O. The Balaban J connectivity index is 3.03. The summed E-state index contributed by atoms with van der Waals surface area (Å²) >= 11 is 0. The first-order valence-corrected chi connectivity index (χ1v) is 5.48.